The SMILES string of the molecule is C[C@H]1CN(C(=O)c2cc(C3CC3)nn2C)Cc2onc(C(C)(O)C(F)(F)F)c21. The molecule has 2 aromatic heterocycles. The molecule has 0 aromatic carbocycles. The van der Waals surface area contributed by atoms with Crippen LogP contribution in [0, 0.1) is 0 Å². The second kappa shape index (κ2) is 6.07. The molecule has 4 rings (SSSR count). The topological polar surface area (TPSA) is 84.4 Å². The Morgan fingerprint density at radius 1 is 1.36 bits per heavy atom. The van der Waals surface area contributed by atoms with Crippen LogP contribution in [0.4, 0.5) is 13.2 Å². The Morgan fingerprint density at radius 3 is 2.64 bits per heavy atom. The first-order valence-electron chi connectivity index (χ1n) is 9.12. The zero-order valence-electron chi connectivity index (χ0n) is 15.7. The summed E-state index contributed by atoms with van der Waals surface area (Å²) in [5.41, 5.74) is -2.12. The van der Waals surface area contributed by atoms with Crippen molar-refractivity contribution in [2.45, 2.75) is 56.8 Å². The second-order valence-electron chi connectivity index (χ2n) is 7.88. The van der Waals surface area contributed by atoms with Crippen molar-refractivity contribution in [2.24, 2.45) is 7.05 Å². The van der Waals surface area contributed by atoms with E-state index in [1.54, 1.807) is 20.0 Å². The van der Waals surface area contributed by atoms with Gasteiger partial charge in [-0.2, -0.15) is 18.3 Å². The highest BCUT2D eigenvalue weighted by molar-refractivity contribution is 5.93. The van der Waals surface area contributed by atoms with E-state index in [-0.39, 0.29) is 30.3 Å². The van der Waals surface area contributed by atoms with E-state index in [2.05, 4.69) is 10.3 Å². The van der Waals surface area contributed by atoms with Crippen LogP contribution in [0.5, 0.6) is 0 Å². The van der Waals surface area contributed by atoms with Crippen LogP contribution in [0.2, 0.25) is 0 Å². The molecule has 0 radical (unpaired) electrons. The van der Waals surface area contributed by atoms with E-state index in [9.17, 15) is 23.1 Å². The van der Waals surface area contributed by atoms with E-state index in [4.69, 9.17) is 4.52 Å². The maximum atomic E-state index is 13.2. The quantitative estimate of drug-likeness (QED) is 0.860. The summed E-state index contributed by atoms with van der Waals surface area (Å²) in [6.07, 6.45) is -2.76. The van der Waals surface area contributed by atoms with E-state index >= 15 is 0 Å². The minimum atomic E-state index is -4.89. The first-order valence-corrected chi connectivity index (χ1v) is 9.12. The molecular formula is C18H21F3N4O3. The summed E-state index contributed by atoms with van der Waals surface area (Å²) >= 11 is 0. The highest BCUT2D eigenvalue weighted by Crippen LogP contribution is 2.44. The lowest BCUT2D eigenvalue weighted by Crippen LogP contribution is -2.42. The number of fused-ring (bicyclic) bond motifs is 1. The lowest BCUT2D eigenvalue weighted by atomic mass is 9.87. The third-order valence-corrected chi connectivity index (χ3v) is 5.54. The van der Waals surface area contributed by atoms with Crippen LogP contribution in [0.25, 0.3) is 0 Å². The maximum Gasteiger partial charge on any atom is 0.422 e. The standard InChI is InChI=1S/C18H21F3N4O3/c1-9-7-25(16(26)12-6-11(10-4-5-10)22-24(12)3)8-13-14(9)15(23-28-13)17(2,27)18(19,20)21/h6,9-10,27H,4-5,7-8H2,1-3H3/t9-,17?/m0/s1. The third-order valence-electron chi connectivity index (χ3n) is 5.54. The summed E-state index contributed by atoms with van der Waals surface area (Å²) in [5.74, 6) is -0.170. The molecule has 0 saturated heterocycles. The number of rotatable bonds is 3. The molecule has 1 N–H and O–H groups in total. The van der Waals surface area contributed by atoms with Crippen LogP contribution >= 0.6 is 0 Å². The average Bonchev–Trinajstić information content (AvgIpc) is 3.23. The van der Waals surface area contributed by atoms with Gasteiger partial charge in [-0.15, -0.1) is 0 Å². The number of carbonyl (C=O) groups excluding carboxylic acids is 1. The van der Waals surface area contributed by atoms with Gasteiger partial charge in [0, 0.05) is 31.0 Å². The molecule has 1 amide bonds. The molecule has 152 valence electrons. The van der Waals surface area contributed by atoms with E-state index < -0.39 is 23.4 Å². The summed E-state index contributed by atoms with van der Waals surface area (Å²) in [5, 5.41) is 17.9. The van der Waals surface area contributed by atoms with Gasteiger partial charge in [0.2, 0.25) is 5.60 Å². The zero-order valence-corrected chi connectivity index (χ0v) is 15.7. The number of carbonyl (C=O) groups is 1. The number of amides is 1. The Balaban J connectivity index is 1.62. The number of aryl methyl sites for hydroxylation is 1. The van der Waals surface area contributed by atoms with Crippen LogP contribution in [-0.4, -0.2) is 43.6 Å². The largest absolute Gasteiger partial charge is 0.422 e. The molecular weight excluding hydrogens is 377 g/mol. The molecule has 1 aliphatic heterocycles. The Bertz CT molecular complexity index is 927. The van der Waals surface area contributed by atoms with Crippen LogP contribution in [-0.2, 0) is 19.2 Å². The fourth-order valence-corrected chi connectivity index (χ4v) is 3.68. The van der Waals surface area contributed by atoms with E-state index in [1.165, 1.54) is 9.58 Å². The molecule has 2 atom stereocenters. The van der Waals surface area contributed by atoms with E-state index in [0.717, 1.165) is 18.5 Å². The number of alkyl halides is 3. The Kier molecular flexibility index (Phi) is 4.11. The monoisotopic (exact) mass is 398 g/mol. The van der Waals surface area contributed by atoms with Crippen molar-refractivity contribution in [3.8, 4) is 0 Å². The Hall–Kier alpha value is -2.36. The molecule has 1 aliphatic carbocycles. The molecule has 1 unspecified atom stereocenters. The van der Waals surface area contributed by atoms with Crippen molar-refractivity contribution in [3.05, 3.63) is 34.5 Å². The lowest BCUT2D eigenvalue weighted by Gasteiger charge is -2.32. The molecule has 3 heterocycles. The van der Waals surface area contributed by atoms with Gasteiger partial charge in [-0.1, -0.05) is 12.1 Å². The van der Waals surface area contributed by atoms with Crippen LogP contribution < -0.4 is 0 Å². The van der Waals surface area contributed by atoms with Gasteiger partial charge < -0.3 is 14.5 Å². The predicted molar refractivity (Wildman–Crippen MR) is 90.5 cm³/mol. The predicted octanol–water partition coefficient (Wildman–Crippen LogP) is 2.81. The van der Waals surface area contributed by atoms with Gasteiger partial charge in [0.1, 0.15) is 11.4 Å². The molecule has 28 heavy (non-hydrogen) atoms. The second-order valence-corrected chi connectivity index (χ2v) is 7.88. The molecule has 0 spiro atoms. The van der Waals surface area contributed by atoms with Crippen LogP contribution in [0.3, 0.4) is 0 Å². The first-order chi connectivity index (χ1) is 13.0. The average molecular weight is 398 g/mol. The van der Waals surface area contributed by atoms with Gasteiger partial charge >= 0.3 is 6.18 Å². The van der Waals surface area contributed by atoms with Crippen molar-refractivity contribution in [1.82, 2.24) is 19.8 Å². The third kappa shape index (κ3) is 2.90. The molecule has 1 saturated carbocycles. The minimum Gasteiger partial charge on any atom is -0.375 e. The number of aromatic nitrogens is 3. The normalized spacial score (nSPS) is 22.1. The number of nitrogens with zero attached hydrogens (tertiary/aromatic N) is 4. The van der Waals surface area contributed by atoms with Crippen molar-refractivity contribution < 1.29 is 27.6 Å². The van der Waals surface area contributed by atoms with Gasteiger partial charge in [0.15, 0.2) is 5.76 Å². The summed E-state index contributed by atoms with van der Waals surface area (Å²) in [4.78, 5) is 14.5. The number of halogens is 3. The highest BCUT2D eigenvalue weighted by atomic mass is 19.4. The van der Waals surface area contributed by atoms with Crippen molar-refractivity contribution in [2.75, 3.05) is 6.54 Å². The van der Waals surface area contributed by atoms with Crippen molar-refractivity contribution >= 4 is 5.91 Å². The fourth-order valence-electron chi connectivity index (χ4n) is 3.68. The molecule has 2 aromatic rings. The number of hydrogen-bond donors (Lipinski definition) is 1. The van der Waals surface area contributed by atoms with E-state index in [1.807, 2.05) is 0 Å². The van der Waals surface area contributed by atoms with Crippen molar-refractivity contribution in [3.63, 3.8) is 0 Å². The number of hydrogen-bond acceptors (Lipinski definition) is 5. The summed E-state index contributed by atoms with van der Waals surface area (Å²) in [7, 11) is 1.70. The molecule has 2 aliphatic rings. The van der Waals surface area contributed by atoms with Gasteiger partial charge in [-0.05, 0) is 25.8 Å². The summed E-state index contributed by atoms with van der Waals surface area (Å²) < 4.78 is 46.3. The van der Waals surface area contributed by atoms with Gasteiger partial charge in [-0.25, -0.2) is 0 Å². The van der Waals surface area contributed by atoms with E-state index in [0.29, 0.717) is 18.5 Å². The van der Waals surface area contributed by atoms with Gasteiger partial charge in [0.25, 0.3) is 5.91 Å². The van der Waals surface area contributed by atoms with Crippen LogP contribution in [0.15, 0.2) is 10.6 Å². The lowest BCUT2D eigenvalue weighted by molar-refractivity contribution is -0.261. The first kappa shape index (κ1) is 19.0. The zero-order chi connectivity index (χ0) is 20.4. The fraction of sp³-hybridized carbons (Fsp3) is 0.611. The molecule has 10 heteroatoms. The number of aliphatic hydroxyl groups is 1. The summed E-state index contributed by atoms with van der Waals surface area (Å²) in [6, 6.07) is 1.78. The Morgan fingerprint density at radius 2 is 2.04 bits per heavy atom. The summed E-state index contributed by atoms with van der Waals surface area (Å²) in [6.45, 7) is 2.52. The Labute approximate surface area is 159 Å². The highest BCUT2D eigenvalue weighted by Gasteiger charge is 2.55. The molecule has 0 bridgehead atoms. The maximum absolute atomic E-state index is 13.2. The van der Waals surface area contributed by atoms with Crippen molar-refractivity contribution in [1.29, 1.82) is 0 Å². The van der Waals surface area contributed by atoms with Gasteiger partial charge in [-0.3, -0.25) is 9.48 Å². The van der Waals surface area contributed by atoms with Crippen LogP contribution in [0.1, 0.15) is 71.7 Å². The van der Waals surface area contributed by atoms with Gasteiger partial charge in [0.05, 0.1) is 12.2 Å². The molecule has 7 nitrogen and oxygen atoms in total. The molecule has 1 fully saturated rings. The smallest absolute Gasteiger partial charge is 0.375 e. The minimum absolute atomic E-state index is 0.0105.